The van der Waals surface area contributed by atoms with Crippen molar-refractivity contribution in [2.24, 2.45) is 29.4 Å². The Balaban J connectivity index is 1.64. The molecule has 1 aromatic rings. The van der Waals surface area contributed by atoms with Crippen LogP contribution in [0.4, 0.5) is 0 Å². The van der Waals surface area contributed by atoms with Gasteiger partial charge in [0.1, 0.15) is 11.5 Å². The summed E-state index contributed by atoms with van der Waals surface area (Å²) in [5.74, 6) is 7.02. The molecule has 0 unspecified atom stereocenters. The van der Waals surface area contributed by atoms with Crippen LogP contribution in [0.3, 0.4) is 0 Å². The largest absolute Gasteiger partial charge is 0.465 e. The van der Waals surface area contributed by atoms with Gasteiger partial charge < -0.3 is 10.2 Å². The lowest BCUT2D eigenvalue weighted by Gasteiger charge is -2.53. The summed E-state index contributed by atoms with van der Waals surface area (Å²) in [7, 11) is 0. The number of nitrogens with two attached hydrogens (primary N) is 1. The van der Waals surface area contributed by atoms with Crippen LogP contribution in [0.25, 0.3) is 0 Å². The van der Waals surface area contributed by atoms with Crippen LogP contribution in [0.15, 0.2) is 10.5 Å². The molecule has 4 aliphatic carbocycles. The van der Waals surface area contributed by atoms with Gasteiger partial charge in [0, 0.05) is 24.4 Å². The Morgan fingerprint density at radius 3 is 2.30 bits per heavy atom. The first-order valence-corrected chi connectivity index (χ1v) is 8.60. The van der Waals surface area contributed by atoms with Crippen molar-refractivity contribution in [1.82, 2.24) is 0 Å². The molecule has 1 heterocycles. The molecule has 20 heavy (non-hydrogen) atoms. The minimum Gasteiger partial charge on any atom is -0.465 e. The van der Waals surface area contributed by atoms with Gasteiger partial charge in [0.2, 0.25) is 0 Å². The maximum atomic E-state index is 6.29. The number of aryl methyl sites for hydroxylation is 1. The molecule has 0 aromatic carbocycles. The van der Waals surface area contributed by atoms with Gasteiger partial charge in [-0.15, -0.1) is 0 Å². The lowest BCUT2D eigenvalue weighted by molar-refractivity contribution is -0.00991. The van der Waals surface area contributed by atoms with Crippen molar-refractivity contribution in [3.8, 4) is 0 Å². The lowest BCUT2D eigenvalue weighted by atomic mass is 9.51. The van der Waals surface area contributed by atoms with Gasteiger partial charge >= 0.3 is 0 Å². The molecule has 2 nitrogen and oxygen atoms in total. The highest BCUT2D eigenvalue weighted by Gasteiger charge is 2.49. The predicted molar refractivity (Wildman–Crippen MR) is 80.4 cm³/mol. The van der Waals surface area contributed by atoms with Crippen LogP contribution < -0.4 is 5.73 Å². The normalized spacial score (nSPS) is 38.6. The summed E-state index contributed by atoms with van der Waals surface area (Å²) in [6.07, 6.45) is 9.53. The van der Waals surface area contributed by atoms with Crippen LogP contribution in [0, 0.1) is 23.7 Å². The molecule has 5 rings (SSSR count). The molecule has 0 spiro atoms. The molecule has 110 valence electrons. The summed E-state index contributed by atoms with van der Waals surface area (Å²) >= 11 is 0. The Labute approximate surface area is 122 Å². The van der Waals surface area contributed by atoms with Crippen molar-refractivity contribution in [1.29, 1.82) is 0 Å². The van der Waals surface area contributed by atoms with Crippen molar-refractivity contribution in [2.75, 3.05) is 0 Å². The van der Waals surface area contributed by atoms with Crippen molar-refractivity contribution < 1.29 is 4.42 Å². The van der Waals surface area contributed by atoms with E-state index < -0.39 is 0 Å². The number of furan rings is 1. The summed E-state index contributed by atoms with van der Waals surface area (Å²) in [6, 6.07) is 2.30. The van der Waals surface area contributed by atoms with Gasteiger partial charge in [-0.1, -0.05) is 6.92 Å². The fraction of sp³-hybridized carbons (Fsp3) is 0.778. The summed E-state index contributed by atoms with van der Waals surface area (Å²) < 4.78 is 6.29. The van der Waals surface area contributed by atoms with Crippen LogP contribution in [-0.4, -0.2) is 0 Å². The summed E-state index contributed by atoms with van der Waals surface area (Å²) in [5, 5.41) is 0. The van der Waals surface area contributed by atoms with E-state index in [0.29, 0.717) is 12.5 Å². The second-order valence-electron chi connectivity index (χ2n) is 7.51. The average molecular weight is 273 g/mol. The van der Waals surface area contributed by atoms with E-state index in [1.54, 1.807) is 0 Å². The zero-order valence-electron chi connectivity index (χ0n) is 12.6. The fourth-order valence-electron chi connectivity index (χ4n) is 5.65. The number of rotatable bonds is 4. The third-order valence-corrected chi connectivity index (χ3v) is 6.17. The highest BCUT2D eigenvalue weighted by Crippen LogP contribution is 2.60. The van der Waals surface area contributed by atoms with E-state index in [4.69, 9.17) is 10.2 Å². The highest BCUT2D eigenvalue weighted by molar-refractivity contribution is 5.26. The van der Waals surface area contributed by atoms with E-state index >= 15 is 0 Å². The van der Waals surface area contributed by atoms with Crippen LogP contribution >= 0.6 is 0 Å². The molecule has 1 aromatic heterocycles. The van der Waals surface area contributed by atoms with Gasteiger partial charge in [-0.05, 0) is 68.3 Å². The van der Waals surface area contributed by atoms with Crippen LogP contribution in [0.1, 0.15) is 68.5 Å². The van der Waals surface area contributed by atoms with E-state index in [-0.39, 0.29) is 0 Å². The molecule has 2 N–H and O–H groups in total. The van der Waals surface area contributed by atoms with Gasteiger partial charge in [0.05, 0.1) is 0 Å². The average Bonchev–Trinajstić information content (AvgIpc) is 2.81. The Kier molecular flexibility index (Phi) is 3.17. The van der Waals surface area contributed by atoms with Crippen molar-refractivity contribution >= 4 is 0 Å². The first-order chi connectivity index (χ1) is 9.78. The maximum absolute atomic E-state index is 6.29. The smallest absolute Gasteiger partial charge is 0.108 e. The minimum absolute atomic E-state index is 0.631. The molecule has 0 amide bonds. The molecule has 0 aliphatic heterocycles. The Hall–Kier alpha value is -0.760. The quantitative estimate of drug-likeness (QED) is 0.891. The summed E-state index contributed by atoms with van der Waals surface area (Å²) in [4.78, 5) is 0. The predicted octanol–water partition coefficient (Wildman–Crippen LogP) is 4.23. The fourth-order valence-corrected chi connectivity index (χ4v) is 5.65. The Morgan fingerprint density at radius 2 is 1.75 bits per heavy atom. The van der Waals surface area contributed by atoms with Gasteiger partial charge in [-0.3, -0.25) is 0 Å². The topological polar surface area (TPSA) is 39.2 Å². The Morgan fingerprint density at radius 1 is 1.10 bits per heavy atom. The van der Waals surface area contributed by atoms with Gasteiger partial charge in [0.25, 0.3) is 0 Å². The minimum atomic E-state index is 0.631. The highest BCUT2D eigenvalue weighted by atomic mass is 16.3. The van der Waals surface area contributed by atoms with Crippen LogP contribution in [0.5, 0.6) is 0 Å². The third kappa shape index (κ3) is 1.95. The van der Waals surface area contributed by atoms with Crippen molar-refractivity contribution in [2.45, 2.75) is 64.3 Å². The molecule has 0 saturated heterocycles. The van der Waals surface area contributed by atoms with E-state index in [1.165, 1.54) is 49.2 Å². The summed E-state index contributed by atoms with van der Waals surface area (Å²) in [6.45, 7) is 2.84. The van der Waals surface area contributed by atoms with Crippen molar-refractivity contribution in [3.05, 3.63) is 23.2 Å². The van der Waals surface area contributed by atoms with E-state index in [0.717, 1.165) is 36.5 Å². The monoisotopic (exact) mass is 273 g/mol. The van der Waals surface area contributed by atoms with E-state index in [2.05, 4.69) is 13.0 Å². The third-order valence-electron chi connectivity index (χ3n) is 6.17. The van der Waals surface area contributed by atoms with E-state index in [1.807, 2.05) is 0 Å². The first kappa shape index (κ1) is 12.9. The molecule has 0 radical (unpaired) electrons. The molecule has 2 heteroatoms. The van der Waals surface area contributed by atoms with Crippen LogP contribution in [-0.2, 0) is 13.0 Å². The Bertz CT molecular complexity index is 462. The summed E-state index contributed by atoms with van der Waals surface area (Å²) in [5.41, 5.74) is 7.17. The van der Waals surface area contributed by atoms with Gasteiger partial charge in [-0.25, -0.2) is 0 Å². The van der Waals surface area contributed by atoms with Crippen LogP contribution in [0.2, 0.25) is 0 Å². The molecule has 4 fully saturated rings. The number of hydrogen-bond acceptors (Lipinski definition) is 2. The SMILES string of the molecule is CCCc1oc(C2C3CC4CC(C3)CC2C4)cc1CN. The maximum Gasteiger partial charge on any atom is 0.108 e. The van der Waals surface area contributed by atoms with Gasteiger partial charge in [-0.2, -0.15) is 0 Å². The molecule has 4 aliphatic rings. The standard InChI is InChI=1S/C18H27NO/c1-2-3-16-15(10-19)9-17(20-16)18-13-5-11-4-12(7-13)8-14(18)6-11/h9,11-14,18H,2-8,10,19H2,1H3. The molecule has 0 atom stereocenters. The molecule has 4 bridgehead atoms. The number of hydrogen-bond donors (Lipinski definition) is 1. The first-order valence-electron chi connectivity index (χ1n) is 8.60. The second kappa shape index (κ2) is 4.91. The molecule has 4 saturated carbocycles. The van der Waals surface area contributed by atoms with Gasteiger partial charge in [0.15, 0.2) is 0 Å². The zero-order valence-corrected chi connectivity index (χ0v) is 12.6. The molecular formula is C18H27NO. The molecular weight excluding hydrogens is 246 g/mol. The van der Waals surface area contributed by atoms with Crippen molar-refractivity contribution in [3.63, 3.8) is 0 Å². The van der Waals surface area contributed by atoms with E-state index in [9.17, 15) is 0 Å². The second-order valence-corrected chi connectivity index (χ2v) is 7.51. The zero-order chi connectivity index (χ0) is 13.7. The lowest BCUT2D eigenvalue weighted by Crippen LogP contribution is -2.43.